The normalized spacial score (nSPS) is 10.9. The van der Waals surface area contributed by atoms with Crippen molar-refractivity contribution in [2.24, 2.45) is 0 Å². The molecule has 27 heavy (non-hydrogen) atoms. The number of nitrogens with one attached hydrogen (secondary N) is 1. The third-order valence-electron chi connectivity index (χ3n) is 3.61. The Bertz CT molecular complexity index is 1030. The fraction of sp³-hybridized carbons (Fsp3) is 0.0500. The smallest absolute Gasteiger partial charge is 0.331 e. The molecular weight excluding hydrogens is 387 g/mol. The molecule has 0 fully saturated rings. The Hall–Kier alpha value is -2.89. The van der Waals surface area contributed by atoms with Crippen molar-refractivity contribution < 1.29 is 14.3 Å². The third kappa shape index (κ3) is 5.06. The molecule has 0 atom stereocenters. The van der Waals surface area contributed by atoms with E-state index in [0.717, 1.165) is 16.5 Å². The Morgan fingerprint density at radius 1 is 1.07 bits per heavy atom. The van der Waals surface area contributed by atoms with Crippen molar-refractivity contribution in [1.29, 1.82) is 0 Å². The standard InChI is InChI=1S/C20H14Cl2N2O3/c21-16-8-7-15(11-17(16)22)24-18(25)12-27-19(26)9-6-14-4-1-3-13-5-2-10-23-20(13)14/h1-11H,12H2,(H,24,25)/b9-6+. The van der Waals surface area contributed by atoms with Crippen molar-refractivity contribution in [2.75, 3.05) is 11.9 Å². The van der Waals surface area contributed by atoms with Crippen LogP contribution in [0.25, 0.3) is 17.0 Å². The predicted octanol–water partition coefficient (Wildman–Crippen LogP) is 4.74. The van der Waals surface area contributed by atoms with Crippen LogP contribution in [0.15, 0.2) is 60.8 Å². The van der Waals surface area contributed by atoms with Gasteiger partial charge in [0.15, 0.2) is 6.61 Å². The van der Waals surface area contributed by atoms with Crippen LogP contribution in [0.3, 0.4) is 0 Å². The number of anilines is 1. The average Bonchev–Trinajstić information content (AvgIpc) is 2.67. The minimum Gasteiger partial charge on any atom is -0.452 e. The van der Waals surface area contributed by atoms with Crippen molar-refractivity contribution in [1.82, 2.24) is 4.98 Å². The molecule has 0 aliphatic carbocycles. The highest BCUT2D eigenvalue weighted by molar-refractivity contribution is 6.42. The Kier molecular flexibility index (Phi) is 6.06. The lowest BCUT2D eigenvalue weighted by Gasteiger charge is -2.06. The van der Waals surface area contributed by atoms with E-state index < -0.39 is 18.5 Å². The molecule has 0 unspecified atom stereocenters. The van der Waals surface area contributed by atoms with E-state index in [1.807, 2.05) is 30.3 Å². The molecule has 7 heteroatoms. The molecule has 136 valence electrons. The van der Waals surface area contributed by atoms with E-state index >= 15 is 0 Å². The van der Waals surface area contributed by atoms with Gasteiger partial charge >= 0.3 is 5.97 Å². The molecule has 2 aromatic carbocycles. The summed E-state index contributed by atoms with van der Waals surface area (Å²) in [6.07, 6.45) is 4.55. The zero-order valence-electron chi connectivity index (χ0n) is 14.0. The molecule has 1 aromatic heterocycles. The van der Waals surface area contributed by atoms with Crippen molar-refractivity contribution in [3.8, 4) is 0 Å². The van der Waals surface area contributed by atoms with E-state index in [1.165, 1.54) is 12.1 Å². The van der Waals surface area contributed by atoms with E-state index in [4.69, 9.17) is 27.9 Å². The minimum absolute atomic E-state index is 0.318. The van der Waals surface area contributed by atoms with Gasteiger partial charge in [-0.15, -0.1) is 0 Å². The summed E-state index contributed by atoms with van der Waals surface area (Å²) in [6.45, 7) is -0.419. The van der Waals surface area contributed by atoms with Gasteiger partial charge in [0.1, 0.15) is 0 Å². The largest absolute Gasteiger partial charge is 0.452 e. The fourth-order valence-electron chi connectivity index (χ4n) is 2.38. The first-order chi connectivity index (χ1) is 13.0. The predicted molar refractivity (Wildman–Crippen MR) is 107 cm³/mol. The number of fused-ring (bicyclic) bond motifs is 1. The van der Waals surface area contributed by atoms with Gasteiger partial charge in [-0.2, -0.15) is 0 Å². The van der Waals surface area contributed by atoms with E-state index in [1.54, 1.807) is 24.4 Å². The third-order valence-corrected chi connectivity index (χ3v) is 4.35. The maximum atomic E-state index is 11.9. The van der Waals surface area contributed by atoms with Crippen LogP contribution in [0, 0.1) is 0 Å². The molecule has 5 nitrogen and oxygen atoms in total. The minimum atomic E-state index is -0.632. The van der Waals surface area contributed by atoms with E-state index in [-0.39, 0.29) is 0 Å². The Balaban J connectivity index is 1.56. The lowest BCUT2D eigenvalue weighted by Crippen LogP contribution is -2.20. The van der Waals surface area contributed by atoms with Crippen LogP contribution in [0.2, 0.25) is 10.0 Å². The lowest BCUT2D eigenvalue weighted by molar-refractivity contribution is -0.142. The van der Waals surface area contributed by atoms with Crippen LogP contribution in [-0.2, 0) is 14.3 Å². The number of benzene rings is 2. The summed E-state index contributed by atoms with van der Waals surface area (Å²) in [5.74, 6) is -1.12. The summed E-state index contributed by atoms with van der Waals surface area (Å²) in [7, 11) is 0. The first-order valence-corrected chi connectivity index (χ1v) is 8.72. The number of halogens is 2. The van der Waals surface area contributed by atoms with Gasteiger partial charge in [-0.05, 0) is 30.3 Å². The Labute approximate surface area is 165 Å². The van der Waals surface area contributed by atoms with Crippen molar-refractivity contribution in [2.45, 2.75) is 0 Å². The number of rotatable bonds is 5. The molecule has 3 rings (SSSR count). The SMILES string of the molecule is O=C(COC(=O)/C=C/c1cccc2cccnc12)Nc1ccc(Cl)c(Cl)c1. The van der Waals surface area contributed by atoms with Crippen molar-refractivity contribution in [3.63, 3.8) is 0 Å². The Morgan fingerprint density at radius 3 is 2.70 bits per heavy atom. The topological polar surface area (TPSA) is 68.3 Å². The molecule has 1 N–H and O–H groups in total. The first kappa shape index (κ1) is 18.9. The second kappa shape index (κ2) is 8.66. The number of carbonyl (C=O) groups is 2. The number of para-hydroxylation sites is 1. The molecule has 3 aromatic rings. The Morgan fingerprint density at radius 2 is 1.89 bits per heavy atom. The molecule has 1 amide bonds. The molecule has 0 saturated heterocycles. The molecular formula is C20H14Cl2N2O3. The molecule has 0 spiro atoms. The number of amides is 1. The second-order valence-electron chi connectivity index (χ2n) is 5.54. The highest BCUT2D eigenvalue weighted by Crippen LogP contribution is 2.25. The number of nitrogens with zero attached hydrogens (tertiary/aromatic N) is 1. The number of pyridine rings is 1. The summed E-state index contributed by atoms with van der Waals surface area (Å²) < 4.78 is 4.95. The van der Waals surface area contributed by atoms with Crippen LogP contribution in [0.5, 0.6) is 0 Å². The quantitative estimate of drug-likeness (QED) is 0.496. The highest BCUT2D eigenvalue weighted by atomic mass is 35.5. The van der Waals surface area contributed by atoms with Gasteiger partial charge in [0.2, 0.25) is 0 Å². The average molecular weight is 401 g/mol. The van der Waals surface area contributed by atoms with Crippen molar-refractivity contribution >= 4 is 57.7 Å². The van der Waals surface area contributed by atoms with Gasteiger partial charge in [-0.25, -0.2) is 4.79 Å². The van der Waals surface area contributed by atoms with Gasteiger partial charge in [0.05, 0.1) is 15.6 Å². The maximum absolute atomic E-state index is 11.9. The van der Waals surface area contributed by atoms with E-state index in [0.29, 0.717) is 15.7 Å². The number of hydrogen-bond donors (Lipinski definition) is 1. The lowest BCUT2D eigenvalue weighted by atomic mass is 10.1. The molecule has 0 aliphatic heterocycles. The van der Waals surface area contributed by atoms with Crippen LogP contribution in [0.4, 0.5) is 5.69 Å². The summed E-state index contributed by atoms with van der Waals surface area (Å²) in [4.78, 5) is 28.0. The maximum Gasteiger partial charge on any atom is 0.331 e. The van der Waals surface area contributed by atoms with Crippen LogP contribution < -0.4 is 5.32 Å². The van der Waals surface area contributed by atoms with Crippen LogP contribution in [0.1, 0.15) is 5.56 Å². The van der Waals surface area contributed by atoms with Gasteiger partial charge in [-0.3, -0.25) is 9.78 Å². The summed E-state index contributed by atoms with van der Waals surface area (Å²) in [6, 6.07) is 14.1. The highest BCUT2D eigenvalue weighted by Gasteiger charge is 2.07. The molecule has 0 bridgehead atoms. The zero-order chi connectivity index (χ0) is 19.2. The molecule has 0 aliphatic rings. The monoisotopic (exact) mass is 400 g/mol. The summed E-state index contributed by atoms with van der Waals surface area (Å²) in [5.41, 5.74) is 2.02. The number of esters is 1. The fourth-order valence-corrected chi connectivity index (χ4v) is 2.67. The number of aromatic nitrogens is 1. The zero-order valence-corrected chi connectivity index (χ0v) is 15.5. The van der Waals surface area contributed by atoms with E-state index in [9.17, 15) is 9.59 Å². The molecule has 0 saturated carbocycles. The first-order valence-electron chi connectivity index (χ1n) is 7.96. The summed E-state index contributed by atoms with van der Waals surface area (Å²) in [5, 5.41) is 4.24. The van der Waals surface area contributed by atoms with Gasteiger partial charge in [-0.1, -0.05) is 47.5 Å². The number of hydrogen-bond acceptors (Lipinski definition) is 4. The van der Waals surface area contributed by atoms with Crippen LogP contribution >= 0.6 is 23.2 Å². The van der Waals surface area contributed by atoms with Gasteiger partial charge < -0.3 is 10.1 Å². The summed E-state index contributed by atoms with van der Waals surface area (Å²) >= 11 is 11.7. The van der Waals surface area contributed by atoms with Gasteiger partial charge in [0.25, 0.3) is 5.91 Å². The molecule has 1 heterocycles. The molecule has 0 radical (unpaired) electrons. The number of ether oxygens (including phenoxy) is 1. The van der Waals surface area contributed by atoms with Gasteiger partial charge in [0, 0.05) is 28.9 Å². The van der Waals surface area contributed by atoms with Crippen LogP contribution in [-0.4, -0.2) is 23.5 Å². The second-order valence-corrected chi connectivity index (χ2v) is 6.35. The van der Waals surface area contributed by atoms with Crippen molar-refractivity contribution in [3.05, 3.63) is 76.4 Å². The number of carbonyl (C=O) groups excluding carboxylic acids is 2. The van der Waals surface area contributed by atoms with E-state index in [2.05, 4.69) is 10.3 Å².